The van der Waals surface area contributed by atoms with Crippen molar-refractivity contribution >= 4 is 11.6 Å². The van der Waals surface area contributed by atoms with E-state index >= 15 is 0 Å². The van der Waals surface area contributed by atoms with E-state index in [1.165, 1.54) is 0 Å². The number of nitrogens with zero attached hydrogens (tertiary/aromatic N) is 1. The van der Waals surface area contributed by atoms with Crippen molar-refractivity contribution in [1.29, 1.82) is 0 Å². The highest BCUT2D eigenvalue weighted by Crippen LogP contribution is 2.08. The number of hydrogen-bond donors (Lipinski definition) is 1. The van der Waals surface area contributed by atoms with E-state index in [9.17, 15) is 4.79 Å². The zero-order chi connectivity index (χ0) is 7.56. The van der Waals surface area contributed by atoms with Crippen molar-refractivity contribution < 1.29 is 4.79 Å². The molecule has 1 heterocycles. The molecule has 1 aliphatic rings. The first kappa shape index (κ1) is 6.99. The summed E-state index contributed by atoms with van der Waals surface area (Å²) in [6.07, 6.45) is 2.64. The van der Waals surface area contributed by atoms with Gasteiger partial charge in [0.2, 0.25) is 0 Å². The summed E-state index contributed by atoms with van der Waals surface area (Å²) < 4.78 is 0. The van der Waals surface area contributed by atoms with Gasteiger partial charge in [0.25, 0.3) is 5.91 Å². The number of carbonyl (C=O) groups excluding carboxylic acids is 1. The van der Waals surface area contributed by atoms with Crippen LogP contribution in [0, 0.1) is 0 Å². The zero-order valence-corrected chi connectivity index (χ0v) is 6.14. The summed E-state index contributed by atoms with van der Waals surface area (Å²) in [5.74, 6) is -0.100. The molecule has 0 unspecified atom stereocenters. The molecule has 0 aromatic carbocycles. The summed E-state index contributed by atoms with van der Waals surface area (Å²) in [5.41, 5.74) is 1.54. The lowest BCUT2D eigenvalue weighted by Crippen LogP contribution is -2.18. The number of carbonyl (C=O) groups is 1. The highest BCUT2D eigenvalue weighted by molar-refractivity contribution is 6.00. The minimum atomic E-state index is -0.100. The smallest absolute Gasteiger partial charge is 0.269 e. The van der Waals surface area contributed by atoms with Gasteiger partial charge >= 0.3 is 0 Å². The predicted molar refractivity (Wildman–Crippen MR) is 39.9 cm³/mol. The van der Waals surface area contributed by atoms with Crippen LogP contribution in [0.25, 0.3) is 0 Å². The third-order valence-corrected chi connectivity index (χ3v) is 1.36. The molecule has 0 saturated heterocycles. The monoisotopic (exact) mass is 138 g/mol. The lowest BCUT2D eigenvalue weighted by molar-refractivity contribution is -0.117. The Bertz CT molecular complexity index is 216. The lowest BCUT2D eigenvalue weighted by Gasteiger charge is -1.93. The number of rotatable bonds is 1. The first-order valence-electron chi connectivity index (χ1n) is 3.20. The van der Waals surface area contributed by atoms with Crippen LogP contribution in [-0.2, 0) is 4.79 Å². The minimum absolute atomic E-state index is 0.100. The van der Waals surface area contributed by atoms with E-state index in [-0.39, 0.29) is 5.91 Å². The first-order valence-corrected chi connectivity index (χ1v) is 3.20. The van der Waals surface area contributed by atoms with Crippen LogP contribution >= 0.6 is 0 Å². The van der Waals surface area contributed by atoms with E-state index in [0.717, 1.165) is 12.1 Å². The van der Waals surface area contributed by atoms with E-state index in [2.05, 4.69) is 10.3 Å². The molecule has 54 valence electrons. The van der Waals surface area contributed by atoms with Gasteiger partial charge in [-0.1, -0.05) is 0 Å². The van der Waals surface area contributed by atoms with Gasteiger partial charge in [0.05, 0.1) is 0 Å². The molecule has 0 bridgehead atoms. The Morgan fingerprint density at radius 1 is 1.80 bits per heavy atom. The van der Waals surface area contributed by atoms with Crippen molar-refractivity contribution in [3.05, 3.63) is 11.8 Å². The molecule has 0 aromatic heterocycles. The fourth-order valence-corrected chi connectivity index (χ4v) is 0.813. The third kappa shape index (κ3) is 1.23. The highest BCUT2D eigenvalue weighted by Gasteiger charge is 2.10. The Morgan fingerprint density at radius 3 is 2.90 bits per heavy atom. The molecule has 0 radical (unpaired) electrons. The molecule has 0 spiro atoms. The van der Waals surface area contributed by atoms with E-state index in [1.807, 2.05) is 13.0 Å². The van der Waals surface area contributed by atoms with E-state index in [4.69, 9.17) is 0 Å². The van der Waals surface area contributed by atoms with Crippen LogP contribution < -0.4 is 5.32 Å². The van der Waals surface area contributed by atoms with Gasteiger partial charge in [0.1, 0.15) is 5.70 Å². The molecule has 0 aromatic rings. The maximum absolute atomic E-state index is 10.9. The van der Waals surface area contributed by atoms with Crippen LogP contribution in [0.5, 0.6) is 0 Å². The summed E-state index contributed by atoms with van der Waals surface area (Å²) in [7, 11) is 1.60. The van der Waals surface area contributed by atoms with Crippen molar-refractivity contribution in [2.45, 2.75) is 13.3 Å². The SMILES string of the molecule is CNC(=O)C1=CCC(C)=N1. The van der Waals surface area contributed by atoms with Crippen LogP contribution in [0.3, 0.4) is 0 Å². The van der Waals surface area contributed by atoms with Gasteiger partial charge in [-0.05, 0) is 13.0 Å². The fourth-order valence-electron chi connectivity index (χ4n) is 0.813. The van der Waals surface area contributed by atoms with Gasteiger partial charge in [-0.2, -0.15) is 0 Å². The summed E-state index contributed by atoms with van der Waals surface area (Å²) in [4.78, 5) is 14.9. The summed E-state index contributed by atoms with van der Waals surface area (Å²) in [6.45, 7) is 1.91. The highest BCUT2D eigenvalue weighted by atomic mass is 16.1. The van der Waals surface area contributed by atoms with Crippen molar-refractivity contribution in [2.75, 3.05) is 7.05 Å². The number of allylic oxidation sites excluding steroid dienone is 1. The quantitative estimate of drug-likeness (QED) is 0.562. The van der Waals surface area contributed by atoms with Gasteiger partial charge in [-0.15, -0.1) is 0 Å². The number of likely N-dealkylation sites (N-methyl/N-ethyl adjacent to an activating group) is 1. The number of hydrogen-bond acceptors (Lipinski definition) is 2. The largest absolute Gasteiger partial charge is 0.354 e. The Kier molecular flexibility index (Phi) is 1.85. The maximum Gasteiger partial charge on any atom is 0.269 e. The summed E-state index contributed by atoms with van der Waals surface area (Å²) >= 11 is 0. The molecular weight excluding hydrogens is 128 g/mol. The minimum Gasteiger partial charge on any atom is -0.354 e. The Morgan fingerprint density at radius 2 is 2.50 bits per heavy atom. The summed E-state index contributed by atoms with van der Waals surface area (Å²) in [5, 5.41) is 2.51. The van der Waals surface area contributed by atoms with E-state index in [1.54, 1.807) is 7.05 Å². The molecule has 0 atom stereocenters. The Hall–Kier alpha value is -1.12. The van der Waals surface area contributed by atoms with E-state index < -0.39 is 0 Å². The van der Waals surface area contributed by atoms with Gasteiger partial charge in [0.15, 0.2) is 0 Å². The standard InChI is InChI=1S/C7H10N2O/c1-5-3-4-6(9-5)7(10)8-2/h4H,3H2,1-2H3,(H,8,10). The lowest BCUT2D eigenvalue weighted by atomic mass is 10.3. The second kappa shape index (κ2) is 2.64. The van der Waals surface area contributed by atoms with Gasteiger partial charge in [-0.3, -0.25) is 9.79 Å². The number of aliphatic imine (C=N–C) groups is 1. The molecule has 0 saturated carbocycles. The number of nitrogens with one attached hydrogen (secondary N) is 1. The molecule has 10 heavy (non-hydrogen) atoms. The van der Waals surface area contributed by atoms with Crippen molar-refractivity contribution in [1.82, 2.24) is 5.32 Å². The molecule has 1 aliphatic heterocycles. The second-order valence-electron chi connectivity index (χ2n) is 2.22. The van der Waals surface area contributed by atoms with Crippen molar-refractivity contribution in [3.63, 3.8) is 0 Å². The third-order valence-electron chi connectivity index (χ3n) is 1.36. The zero-order valence-electron chi connectivity index (χ0n) is 6.14. The molecule has 0 fully saturated rings. The van der Waals surface area contributed by atoms with Crippen LogP contribution in [0.2, 0.25) is 0 Å². The van der Waals surface area contributed by atoms with Crippen LogP contribution in [0.4, 0.5) is 0 Å². The molecule has 1 amide bonds. The fraction of sp³-hybridized carbons (Fsp3) is 0.429. The summed E-state index contributed by atoms with van der Waals surface area (Å²) in [6, 6.07) is 0. The van der Waals surface area contributed by atoms with Crippen molar-refractivity contribution in [3.8, 4) is 0 Å². The van der Waals surface area contributed by atoms with E-state index in [0.29, 0.717) is 5.70 Å². The average molecular weight is 138 g/mol. The second-order valence-corrected chi connectivity index (χ2v) is 2.22. The van der Waals surface area contributed by atoms with Gasteiger partial charge in [-0.25, -0.2) is 0 Å². The Labute approximate surface area is 59.8 Å². The Balaban J connectivity index is 2.67. The predicted octanol–water partition coefficient (Wildman–Crippen LogP) is 0.481. The molecule has 3 nitrogen and oxygen atoms in total. The van der Waals surface area contributed by atoms with Crippen molar-refractivity contribution in [2.24, 2.45) is 4.99 Å². The van der Waals surface area contributed by atoms with Crippen LogP contribution in [0.1, 0.15) is 13.3 Å². The van der Waals surface area contributed by atoms with Crippen LogP contribution in [-0.4, -0.2) is 18.7 Å². The molecule has 1 rings (SSSR count). The first-order chi connectivity index (χ1) is 4.74. The molecular formula is C7H10N2O. The topological polar surface area (TPSA) is 41.5 Å². The maximum atomic E-state index is 10.9. The average Bonchev–Trinajstić information content (AvgIpc) is 2.34. The van der Waals surface area contributed by atoms with Gasteiger partial charge < -0.3 is 5.32 Å². The van der Waals surface area contributed by atoms with Gasteiger partial charge in [0, 0.05) is 19.2 Å². The molecule has 0 aliphatic carbocycles. The molecule has 1 N–H and O–H groups in total. The normalized spacial score (nSPS) is 16.2. The number of amides is 1. The van der Waals surface area contributed by atoms with Crippen LogP contribution in [0.15, 0.2) is 16.8 Å². The molecule has 3 heteroatoms.